The Bertz CT molecular complexity index is 5870. The zero-order valence-corrected chi connectivity index (χ0v) is 51.2. The minimum atomic E-state index is -0.872. The van der Waals surface area contributed by atoms with E-state index in [1.165, 1.54) is 0 Å². The molecule has 1 unspecified atom stereocenters. The second-order valence-electron chi connectivity index (χ2n) is 25.8. The molecule has 2 heteroatoms. The van der Waals surface area contributed by atoms with Crippen LogP contribution in [0.5, 0.6) is 0 Å². The van der Waals surface area contributed by atoms with Crippen LogP contribution in [0.1, 0.15) is 135 Å². The molecule has 0 saturated heterocycles. The monoisotopic (exact) mass is 1190 g/mol. The van der Waals surface area contributed by atoms with Crippen LogP contribution in [0.15, 0.2) is 303 Å². The first-order valence-electron chi connectivity index (χ1n) is 40.3. The van der Waals surface area contributed by atoms with E-state index in [2.05, 4.69) is 48.5 Å². The van der Waals surface area contributed by atoms with Crippen LogP contribution >= 0.6 is 0 Å². The van der Waals surface area contributed by atoms with Crippen molar-refractivity contribution in [2.24, 2.45) is 0 Å². The average molecular weight is 1190 g/mol. The van der Waals surface area contributed by atoms with Crippen molar-refractivity contribution in [2.45, 2.75) is 70.6 Å². The number of rotatable bonds is 9. The lowest BCUT2D eigenvalue weighted by molar-refractivity contribution is 0.590. The van der Waals surface area contributed by atoms with Crippen molar-refractivity contribution < 1.29 is 26.0 Å². The highest BCUT2D eigenvalue weighted by Crippen LogP contribution is 2.65. The largest absolute Gasteiger partial charge is 0.309 e. The summed E-state index contributed by atoms with van der Waals surface area (Å²) in [5.74, 6) is -1.50. The fraction of sp³-hybridized carbons (Fsp3) is 0.124. The van der Waals surface area contributed by atoms with E-state index in [-0.39, 0.29) is 68.0 Å². The van der Waals surface area contributed by atoms with Gasteiger partial charge in [0, 0.05) is 39.7 Å². The Morgan fingerprint density at radius 3 is 1.05 bits per heavy atom. The molecule has 91 heavy (non-hydrogen) atoms. The summed E-state index contributed by atoms with van der Waals surface area (Å²) >= 11 is 0. The van der Waals surface area contributed by atoms with Gasteiger partial charge in [-0.15, -0.1) is 0 Å². The molecule has 438 valence electrons. The van der Waals surface area contributed by atoms with E-state index in [1.807, 2.05) is 167 Å². The third kappa shape index (κ3) is 9.72. The first kappa shape index (κ1) is 38.8. The number of hydrogen-bond acceptors (Lipinski definition) is 2. The summed E-state index contributed by atoms with van der Waals surface area (Å²) in [6.07, 6.45) is 0.570. The first-order chi connectivity index (χ1) is 52.3. The number of nitrogens with zero attached hydrogens (tertiary/aromatic N) is 2. The van der Waals surface area contributed by atoms with Crippen molar-refractivity contribution in [3.8, 4) is 66.8 Å². The zero-order chi connectivity index (χ0) is 78.1. The molecule has 2 aliphatic heterocycles. The highest BCUT2D eigenvalue weighted by Gasteiger charge is 2.45. The Morgan fingerprint density at radius 2 is 0.670 bits per heavy atom. The maximum atomic E-state index is 10.1. The molecule has 16 rings (SSSR count). The van der Waals surface area contributed by atoms with E-state index in [9.17, 15) is 21.9 Å². The van der Waals surface area contributed by atoms with Crippen LogP contribution in [0.25, 0.3) is 66.8 Å². The fourth-order valence-corrected chi connectivity index (χ4v) is 13.9. The summed E-state index contributed by atoms with van der Waals surface area (Å²) in [6, 6.07) is 49.7. The summed E-state index contributed by atoms with van der Waals surface area (Å²) in [7, 11) is 0. The molecule has 0 radical (unpaired) electrons. The lowest BCUT2D eigenvalue weighted by Gasteiger charge is -2.47. The van der Waals surface area contributed by atoms with Crippen molar-refractivity contribution >= 4 is 34.1 Å². The number of benzene rings is 13. The van der Waals surface area contributed by atoms with Gasteiger partial charge >= 0.3 is 0 Å². The molecule has 1 aliphatic carbocycles. The highest BCUT2D eigenvalue weighted by atomic mass is 15.2. The third-order valence-corrected chi connectivity index (χ3v) is 18.3. The minimum Gasteiger partial charge on any atom is -0.309 e. The van der Waals surface area contributed by atoms with Gasteiger partial charge in [-0.05, 0) is 172 Å². The number of fused-ring (bicyclic) bond motifs is 6. The minimum absolute atomic E-state index is 0.0515. The predicted molar refractivity (Wildman–Crippen MR) is 383 cm³/mol. The molecule has 0 aromatic heterocycles. The van der Waals surface area contributed by atoms with Crippen molar-refractivity contribution in [2.75, 3.05) is 9.80 Å². The lowest BCUT2D eigenvalue weighted by Crippen LogP contribution is -2.31. The van der Waals surface area contributed by atoms with Gasteiger partial charge in [-0.3, -0.25) is 0 Å². The molecule has 3 aliphatic rings. The lowest BCUT2D eigenvalue weighted by atomic mass is 9.71. The van der Waals surface area contributed by atoms with Gasteiger partial charge in [-0.25, -0.2) is 0 Å². The molecule has 0 spiro atoms. The second kappa shape index (κ2) is 22.2. The van der Waals surface area contributed by atoms with Gasteiger partial charge in [-0.1, -0.05) is 284 Å². The van der Waals surface area contributed by atoms with E-state index in [4.69, 9.17) is 4.11 Å². The number of anilines is 6. The Morgan fingerprint density at radius 1 is 0.308 bits per heavy atom. The van der Waals surface area contributed by atoms with E-state index in [0.29, 0.717) is 62.6 Å². The van der Waals surface area contributed by atoms with Crippen molar-refractivity contribution in [1.29, 1.82) is 0 Å². The molecule has 2 nitrogen and oxygen atoms in total. The Kier molecular flexibility index (Phi) is 9.46. The highest BCUT2D eigenvalue weighted by molar-refractivity contribution is 6.07. The quantitative estimate of drug-likeness (QED) is 0.142. The Hall–Kier alpha value is -10.5. The van der Waals surface area contributed by atoms with E-state index in [1.54, 1.807) is 18.2 Å². The van der Waals surface area contributed by atoms with Gasteiger partial charge in [0.05, 0.1) is 60.2 Å². The molecule has 0 fully saturated rings. The smallest absolute Gasteiger partial charge is 0.0629 e. The Balaban J connectivity index is 1.20. The van der Waals surface area contributed by atoms with Gasteiger partial charge in [0.25, 0.3) is 0 Å². The molecule has 2 heterocycles. The van der Waals surface area contributed by atoms with Crippen molar-refractivity contribution in [1.82, 2.24) is 0 Å². The van der Waals surface area contributed by atoms with Gasteiger partial charge in [0.15, 0.2) is 0 Å². The van der Waals surface area contributed by atoms with E-state index < -0.39 is 125 Å². The van der Waals surface area contributed by atoms with Crippen molar-refractivity contribution in [3.63, 3.8) is 0 Å². The molecular formula is C89H72N2. The predicted octanol–water partition coefficient (Wildman–Crippen LogP) is 24.1. The average Bonchev–Trinajstić information content (AvgIpc) is 0.681. The zero-order valence-electron chi connectivity index (χ0n) is 70.2. The van der Waals surface area contributed by atoms with Crippen LogP contribution in [0.2, 0.25) is 0 Å². The fourth-order valence-electron chi connectivity index (χ4n) is 13.9. The third-order valence-electron chi connectivity index (χ3n) is 18.3. The van der Waals surface area contributed by atoms with Crippen LogP contribution in [0.4, 0.5) is 34.1 Å². The molecule has 0 saturated carbocycles. The molecule has 0 amide bonds. The summed E-state index contributed by atoms with van der Waals surface area (Å²) in [6.45, 7) is 11.6. The molecule has 1 atom stereocenters. The van der Waals surface area contributed by atoms with Gasteiger partial charge in [0.1, 0.15) is 0 Å². The van der Waals surface area contributed by atoms with E-state index >= 15 is 0 Å². The molecule has 13 aromatic carbocycles. The maximum Gasteiger partial charge on any atom is 0.0629 e. The van der Waals surface area contributed by atoms with Crippen LogP contribution < -0.4 is 9.80 Å². The molecular weight excluding hydrogens is 1100 g/mol. The maximum absolute atomic E-state index is 10.1. The van der Waals surface area contributed by atoms with Crippen molar-refractivity contribution in [3.05, 3.63) is 358 Å². The summed E-state index contributed by atoms with van der Waals surface area (Å²) in [4.78, 5) is 3.92. The summed E-state index contributed by atoms with van der Waals surface area (Å²) in [5, 5.41) is 0. The first-order valence-corrected chi connectivity index (χ1v) is 30.8. The second-order valence-corrected chi connectivity index (χ2v) is 25.8. The van der Waals surface area contributed by atoms with Crippen LogP contribution in [-0.4, -0.2) is 0 Å². The summed E-state index contributed by atoms with van der Waals surface area (Å²) < 4.78 is 183. The molecule has 0 N–H and O–H groups in total. The van der Waals surface area contributed by atoms with Crippen LogP contribution in [0.3, 0.4) is 0 Å². The number of hydrogen-bond donors (Lipinski definition) is 0. The summed E-state index contributed by atoms with van der Waals surface area (Å²) in [5.41, 5.74) is 10.4. The van der Waals surface area contributed by atoms with Crippen LogP contribution in [0, 0.1) is 0 Å². The van der Waals surface area contributed by atoms with Gasteiger partial charge in [-0.2, -0.15) is 0 Å². The Labute approximate surface area is 563 Å². The van der Waals surface area contributed by atoms with Gasteiger partial charge in [0.2, 0.25) is 0 Å². The van der Waals surface area contributed by atoms with Gasteiger partial charge < -0.3 is 9.80 Å². The van der Waals surface area contributed by atoms with E-state index in [0.717, 1.165) is 50.6 Å². The van der Waals surface area contributed by atoms with Crippen LogP contribution in [-0.2, 0) is 17.3 Å². The normalized spacial score (nSPS) is 16.9. The molecule has 0 bridgehead atoms. The topological polar surface area (TPSA) is 6.48 Å². The standard InChI is InChI=1S/C89H72N2/c1-88(2,3)69-54-73(60-33-17-9-18-34-60)86(74(55-69)61-35-19-10-20-36-61)90-79-47-45-64(58-29-13-7-14-30-58)50-77(79)84-78-51-65(59-31-15-8-16-32-59)46-48-80(78)91(87-75(62-37-21-11-22-38-62)56-70(89(4,5)6)57-76(87)63-39-23-12-24-40-63)82-53-68(52-81(90)85(82)84)83-71-43-27-25-41-66(71)49-67-42-26-28-44-72(67)83/h7-48,50-57,83-84H,49H2,1-6H3/i9D,10D,11D,17D,18D,19D,20D,21D,22D,23D,24D,33D,34D,35D,36D,37D,38D,39D,40D. The SMILES string of the molecule is [2H]c1cc([2H])c([2H])c(-c2cc(C(C)(C)C)cc(-c3c([2H])c([2H])c([2H])c([2H])c3[2H])c2N2c3ccc(-c4ccccc4)cc3C3c4cc(-c5ccccc5)ccc4N(c4c(-c5c([2H])c([2H])c([2H])c([2H])c5[2H])cc(C(C)(C)C)cc4-c4c([2H])c([2H])c([2H])c([2H])c4[2H])c4cc(C5c6ccccc6Cc6ccccc65)cc2c43)c1[2H]. The molecule has 13 aromatic rings.